The van der Waals surface area contributed by atoms with E-state index in [4.69, 9.17) is 4.74 Å². The van der Waals surface area contributed by atoms with Crippen molar-refractivity contribution in [2.24, 2.45) is 0 Å². The minimum Gasteiger partial charge on any atom is -0.494 e. The molecule has 1 unspecified atom stereocenters. The predicted octanol–water partition coefficient (Wildman–Crippen LogP) is 6.04. The standard InChI is InChI=1S/C24H21F8NO5S/c1-39(35,36)33-20(34)13-16(15-3-7-19(8-4-15)38-21(25)26)14-22(33,24(30,31)32)17-5-9-18(10-6-17)37-12-2-11-23(27,28)29/h3-10,13,21H,2,11-12,14H2,1H3. The van der Waals surface area contributed by atoms with Crippen LogP contribution in [0.2, 0.25) is 0 Å². The Morgan fingerprint density at radius 3 is 2.00 bits per heavy atom. The van der Waals surface area contributed by atoms with E-state index >= 15 is 0 Å². The molecule has 0 spiro atoms. The lowest BCUT2D eigenvalue weighted by molar-refractivity contribution is -0.221. The molecule has 0 saturated heterocycles. The summed E-state index contributed by atoms with van der Waals surface area (Å²) in [6, 6.07) is 8.19. The van der Waals surface area contributed by atoms with Crippen LogP contribution in [0.15, 0.2) is 54.6 Å². The summed E-state index contributed by atoms with van der Waals surface area (Å²) in [5, 5.41) is 0. The number of carbonyl (C=O) groups excluding carboxylic acids is 1. The van der Waals surface area contributed by atoms with Gasteiger partial charge in [0.25, 0.3) is 5.91 Å². The maximum absolute atomic E-state index is 14.9. The first-order chi connectivity index (χ1) is 17.9. The second-order valence-corrected chi connectivity index (χ2v) is 10.4. The third-order valence-electron chi connectivity index (χ3n) is 5.75. The minimum absolute atomic E-state index is 0.0244. The summed E-state index contributed by atoms with van der Waals surface area (Å²) < 4.78 is 141. The lowest BCUT2D eigenvalue weighted by atomic mass is 9.78. The van der Waals surface area contributed by atoms with Crippen LogP contribution >= 0.6 is 0 Å². The van der Waals surface area contributed by atoms with E-state index in [0.29, 0.717) is 12.3 Å². The normalized spacial score (nSPS) is 18.8. The summed E-state index contributed by atoms with van der Waals surface area (Å²) in [5.41, 5.74) is -4.27. The first-order valence-corrected chi connectivity index (χ1v) is 13.0. The van der Waals surface area contributed by atoms with Crippen LogP contribution in [0.3, 0.4) is 0 Å². The SMILES string of the molecule is CS(=O)(=O)N1C(=O)C=C(c2ccc(OC(F)F)cc2)CC1(c1ccc(OCCCC(F)(F)F)cc1)C(F)(F)F. The molecule has 214 valence electrons. The lowest BCUT2D eigenvalue weighted by Gasteiger charge is -2.46. The van der Waals surface area contributed by atoms with Gasteiger partial charge in [-0.05, 0) is 47.4 Å². The zero-order valence-corrected chi connectivity index (χ0v) is 20.8. The Bertz CT molecular complexity index is 1310. The second-order valence-electron chi connectivity index (χ2n) is 8.56. The van der Waals surface area contributed by atoms with Crippen LogP contribution in [0.4, 0.5) is 35.1 Å². The molecule has 0 radical (unpaired) electrons. The monoisotopic (exact) mass is 587 g/mol. The van der Waals surface area contributed by atoms with Crippen LogP contribution in [0.5, 0.6) is 11.5 Å². The maximum Gasteiger partial charge on any atom is 0.417 e. The van der Waals surface area contributed by atoms with Gasteiger partial charge in [-0.1, -0.05) is 24.3 Å². The van der Waals surface area contributed by atoms with Crippen molar-refractivity contribution in [1.29, 1.82) is 0 Å². The van der Waals surface area contributed by atoms with Crippen molar-refractivity contribution in [3.63, 3.8) is 0 Å². The molecule has 1 amide bonds. The van der Waals surface area contributed by atoms with E-state index in [1.54, 1.807) is 0 Å². The van der Waals surface area contributed by atoms with E-state index in [1.165, 1.54) is 0 Å². The van der Waals surface area contributed by atoms with Gasteiger partial charge in [0, 0.05) is 18.9 Å². The Morgan fingerprint density at radius 2 is 1.51 bits per heavy atom. The van der Waals surface area contributed by atoms with Crippen LogP contribution < -0.4 is 9.47 Å². The molecule has 39 heavy (non-hydrogen) atoms. The zero-order chi connectivity index (χ0) is 29.2. The Morgan fingerprint density at radius 1 is 0.949 bits per heavy atom. The van der Waals surface area contributed by atoms with Gasteiger partial charge in [-0.2, -0.15) is 35.1 Å². The van der Waals surface area contributed by atoms with Crippen molar-refractivity contribution in [3.05, 3.63) is 65.7 Å². The number of nitrogens with zero attached hydrogens (tertiary/aromatic N) is 1. The number of sulfonamides is 1. The molecule has 0 saturated carbocycles. The molecule has 6 nitrogen and oxygen atoms in total. The average molecular weight is 587 g/mol. The van der Waals surface area contributed by atoms with Crippen LogP contribution in [0.25, 0.3) is 5.57 Å². The van der Waals surface area contributed by atoms with E-state index in [9.17, 15) is 48.3 Å². The fraction of sp³-hybridized carbons (Fsp3) is 0.375. The highest BCUT2D eigenvalue weighted by Crippen LogP contribution is 2.53. The van der Waals surface area contributed by atoms with Gasteiger partial charge in [0.15, 0.2) is 5.54 Å². The third-order valence-corrected chi connectivity index (χ3v) is 6.90. The van der Waals surface area contributed by atoms with Gasteiger partial charge in [0.2, 0.25) is 10.0 Å². The number of hydrogen-bond acceptors (Lipinski definition) is 5. The van der Waals surface area contributed by atoms with E-state index in [0.717, 1.165) is 48.5 Å². The van der Waals surface area contributed by atoms with Gasteiger partial charge >= 0.3 is 19.0 Å². The van der Waals surface area contributed by atoms with Gasteiger partial charge in [-0.25, -0.2) is 12.7 Å². The lowest BCUT2D eigenvalue weighted by Crippen LogP contribution is -2.61. The number of benzene rings is 2. The molecule has 0 aliphatic carbocycles. The molecule has 0 aromatic heterocycles. The molecular formula is C24H21F8NO5S. The van der Waals surface area contributed by atoms with E-state index in [1.807, 2.05) is 0 Å². The average Bonchev–Trinajstić information content (AvgIpc) is 2.79. The molecule has 2 aromatic carbocycles. The van der Waals surface area contributed by atoms with E-state index < -0.39 is 65.3 Å². The number of alkyl halides is 8. The summed E-state index contributed by atoms with van der Waals surface area (Å²) in [7, 11) is -4.80. The highest BCUT2D eigenvalue weighted by atomic mass is 32.2. The summed E-state index contributed by atoms with van der Waals surface area (Å²) in [5.74, 6) is -1.85. The largest absolute Gasteiger partial charge is 0.494 e. The number of rotatable bonds is 9. The molecule has 0 bridgehead atoms. The van der Waals surface area contributed by atoms with Gasteiger partial charge in [0.05, 0.1) is 12.9 Å². The van der Waals surface area contributed by atoms with Gasteiger partial charge in [0.1, 0.15) is 11.5 Å². The molecule has 0 N–H and O–H groups in total. The summed E-state index contributed by atoms with van der Waals surface area (Å²) >= 11 is 0. The maximum atomic E-state index is 14.9. The van der Waals surface area contributed by atoms with Crippen LogP contribution in [0, 0.1) is 0 Å². The van der Waals surface area contributed by atoms with Crippen molar-refractivity contribution in [2.75, 3.05) is 12.9 Å². The number of hydrogen-bond donors (Lipinski definition) is 0. The van der Waals surface area contributed by atoms with Gasteiger partial charge < -0.3 is 9.47 Å². The summed E-state index contributed by atoms with van der Waals surface area (Å²) in [6.07, 6.45) is -11.2. The van der Waals surface area contributed by atoms with Crippen molar-refractivity contribution in [1.82, 2.24) is 4.31 Å². The highest BCUT2D eigenvalue weighted by molar-refractivity contribution is 7.89. The van der Waals surface area contributed by atoms with Crippen molar-refractivity contribution < 1.29 is 57.8 Å². The Kier molecular flexibility index (Phi) is 8.53. The number of carbonyl (C=O) groups is 1. The van der Waals surface area contributed by atoms with Crippen molar-refractivity contribution in [3.8, 4) is 11.5 Å². The molecule has 15 heteroatoms. The fourth-order valence-electron chi connectivity index (χ4n) is 4.16. The van der Waals surface area contributed by atoms with E-state index in [2.05, 4.69) is 4.74 Å². The molecule has 2 aromatic rings. The molecule has 3 rings (SSSR count). The van der Waals surface area contributed by atoms with Gasteiger partial charge in [-0.3, -0.25) is 4.79 Å². The summed E-state index contributed by atoms with van der Waals surface area (Å²) in [4.78, 5) is 12.9. The second kappa shape index (κ2) is 11.0. The molecule has 1 atom stereocenters. The number of amides is 1. The Labute approximate surface area is 217 Å². The van der Waals surface area contributed by atoms with Crippen molar-refractivity contribution >= 4 is 21.5 Å². The molecule has 1 aliphatic heterocycles. The predicted molar refractivity (Wildman–Crippen MR) is 122 cm³/mol. The first kappa shape index (κ1) is 30.2. The number of ether oxygens (including phenoxy) is 2. The Hall–Kier alpha value is -3.36. The Balaban J connectivity index is 2.03. The van der Waals surface area contributed by atoms with Crippen molar-refractivity contribution in [2.45, 2.75) is 43.8 Å². The third kappa shape index (κ3) is 6.99. The zero-order valence-electron chi connectivity index (χ0n) is 20.0. The van der Waals surface area contributed by atoms with Crippen LogP contribution in [-0.2, 0) is 20.4 Å². The molecule has 1 aliphatic rings. The minimum atomic E-state index is -5.35. The van der Waals surface area contributed by atoms with Crippen LogP contribution in [-0.4, -0.2) is 50.5 Å². The van der Waals surface area contributed by atoms with Crippen LogP contribution in [0.1, 0.15) is 30.4 Å². The molecular weight excluding hydrogens is 566 g/mol. The smallest absolute Gasteiger partial charge is 0.417 e. The molecule has 1 heterocycles. The number of halogens is 8. The van der Waals surface area contributed by atoms with Gasteiger partial charge in [-0.15, -0.1) is 0 Å². The summed E-state index contributed by atoms with van der Waals surface area (Å²) in [6.45, 7) is -3.53. The first-order valence-electron chi connectivity index (χ1n) is 11.1. The fourth-order valence-corrected chi connectivity index (χ4v) is 5.38. The quantitative estimate of drug-likeness (QED) is 0.264. The molecule has 0 fully saturated rings. The highest BCUT2D eigenvalue weighted by Gasteiger charge is 2.65. The van der Waals surface area contributed by atoms with E-state index in [-0.39, 0.29) is 33.5 Å². The topological polar surface area (TPSA) is 72.9 Å².